The molecule has 128 valence electrons. The molecule has 2 aromatic carbocycles. The molecular weight excluding hydrogens is 326 g/mol. The molecule has 0 atom stereocenters. The summed E-state index contributed by atoms with van der Waals surface area (Å²) in [4.78, 5) is 31.4. The van der Waals surface area contributed by atoms with E-state index >= 15 is 0 Å². The van der Waals surface area contributed by atoms with E-state index in [2.05, 4.69) is 0 Å². The summed E-state index contributed by atoms with van der Waals surface area (Å²) in [6.07, 6.45) is 0. The zero-order chi connectivity index (χ0) is 18.8. The predicted molar refractivity (Wildman–Crippen MR) is 87.7 cm³/mol. The van der Waals surface area contributed by atoms with Crippen molar-refractivity contribution < 1.29 is 29.3 Å². The fourth-order valence-corrected chi connectivity index (χ4v) is 1.62. The molecule has 0 unspecified atom stereocenters. The number of carboxylic acid groups (broad SMARTS) is 2. The maximum absolute atomic E-state index is 10.9. The number of aliphatic carboxylic acids is 1. The fourth-order valence-electron chi connectivity index (χ4n) is 1.62. The van der Waals surface area contributed by atoms with Gasteiger partial charge in [0.15, 0.2) is 12.4 Å². The number of carbonyl (C=O) groups is 3. The molecule has 0 aliphatic carbocycles. The van der Waals surface area contributed by atoms with E-state index < -0.39 is 11.9 Å². The summed E-state index contributed by atoms with van der Waals surface area (Å²) < 4.78 is 4.89. The number of nitriles is 1. The van der Waals surface area contributed by atoms with Crippen molar-refractivity contribution in [1.29, 1.82) is 5.26 Å². The van der Waals surface area contributed by atoms with Crippen LogP contribution >= 0.6 is 0 Å². The van der Waals surface area contributed by atoms with Gasteiger partial charge in [-0.05, 0) is 55.5 Å². The number of hydrogen-bond donors (Lipinski definition) is 2. The monoisotopic (exact) mass is 341 g/mol. The summed E-state index contributed by atoms with van der Waals surface area (Å²) in [5.74, 6) is -1.60. The molecule has 0 amide bonds. The van der Waals surface area contributed by atoms with Crippen LogP contribution in [-0.2, 0) is 4.79 Å². The van der Waals surface area contributed by atoms with Gasteiger partial charge < -0.3 is 14.9 Å². The van der Waals surface area contributed by atoms with Crippen LogP contribution in [0.3, 0.4) is 0 Å². The Balaban J connectivity index is 0.000000257. The Labute approximate surface area is 143 Å². The van der Waals surface area contributed by atoms with Crippen molar-refractivity contribution in [2.24, 2.45) is 0 Å². The zero-order valence-electron chi connectivity index (χ0n) is 13.3. The third-order valence-corrected chi connectivity index (χ3v) is 2.88. The Morgan fingerprint density at radius 1 is 0.960 bits per heavy atom. The molecule has 0 heterocycles. The average Bonchev–Trinajstić information content (AvgIpc) is 2.60. The second kappa shape index (κ2) is 9.47. The predicted octanol–water partition coefficient (Wildman–Crippen LogP) is 2.61. The lowest BCUT2D eigenvalue weighted by atomic mass is 10.1. The van der Waals surface area contributed by atoms with E-state index in [4.69, 9.17) is 20.2 Å². The molecule has 0 bridgehead atoms. The number of benzene rings is 2. The lowest BCUT2D eigenvalue weighted by Crippen LogP contribution is -2.09. The van der Waals surface area contributed by atoms with E-state index in [1.165, 1.54) is 31.2 Å². The smallest absolute Gasteiger partial charge is 0.341 e. The Morgan fingerprint density at radius 2 is 1.48 bits per heavy atom. The van der Waals surface area contributed by atoms with Gasteiger partial charge in [0.1, 0.15) is 5.75 Å². The molecule has 2 aromatic rings. The van der Waals surface area contributed by atoms with Gasteiger partial charge in [0.25, 0.3) is 0 Å². The fraction of sp³-hybridized carbons (Fsp3) is 0.111. The molecule has 7 nitrogen and oxygen atoms in total. The second-order valence-corrected chi connectivity index (χ2v) is 4.76. The highest BCUT2D eigenvalue weighted by Crippen LogP contribution is 2.12. The molecule has 0 fully saturated rings. The van der Waals surface area contributed by atoms with E-state index in [1.807, 2.05) is 6.07 Å². The van der Waals surface area contributed by atoms with Crippen LogP contribution in [0.2, 0.25) is 0 Å². The highest BCUT2D eigenvalue weighted by molar-refractivity contribution is 5.94. The largest absolute Gasteiger partial charge is 0.482 e. The summed E-state index contributed by atoms with van der Waals surface area (Å²) in [6, 6.07) is 14.0. The maximum atomic E-state index is 10.9. The first-order chi connectivity index (χ1) is 11.8. The van der Waals surface area contributed by atoms with Gasteiger partial charge >= 0.3 is 11.9 Å². The van der Waals surface area contributed by atoms with Crippen LogP contribution in [0.25, 0.3) is 0 Å². The van der Waals surface area contributed by atoms with Crippen molar-refractivity contribution in [3.05, 3.63) is 65.2 Å². The number of carbonyl (C=O) groups excluding carboxylic acids is 1. The molecule has 0 radical (unpaired) electrons. The Hall–Kier alpha value is -3.66. The van der Waals surface area contributed by atoms with Crippen molar-refractivity contribution in [3.63, 3.8) is 0 Å². The molecule has 0 aliphatic heterocycles. The summed E-state index contributed by atoms with van der Waals surface area (Å²) in [6.45, 7) is 1.09. The van der Waals surface area contributed by atoms with Gasteiger partial charge in [0, 0.05) is 5.56 Å². The average molecular weight is 341 g/mol. The highest BCUT2D eigenvalue weighted by Gasteiger charge is 2.01. The van der Waals surface area contributed by atoms with E-state index in [1.54, 1.807) is 24.3 Å². The van der Waals surface area contributed by atoms with Crippen molar-refractivity contribution in [2.45, 2.75) is 6.92 Å². The van der Waals surface area contributed by atoms with Gasteiger partial charge in [0.2, 0.25) is 0 Å². The van der Waals surface area contributed by atoms with Crippen LogP contribution in [0.5, 0.6) is 5.75 Å². The summed E-state index contributed by atoms with van der Waals surface area (Å²) in [7, 11) is 0. The van der Waals surface area contributed by atoms with E-state index in [0.29, 0.717) is 16.9 Å². The van der Waals surface area contributed by atoms with E-state index in [9.17, 15) is 14.4 Å². The molecule has 0 aliphatic rings. The highest BCUT2D eigenvalue weighted by atomic mass is 16.5. The minimum Gasteiger partial charge on any atom is -0.482 e. The number of rotatable bonds is 5. The summed E-state index contributed by atoms with van der Waals surface area (Å²) in [5, 5.41) is 25.2. The van der Waals surface area contributed by atoms with Crippen molar-refractivity contribution in [1.82, 2.24) is 0 Å². The van der Waals surface area contributed by atoms with Gasteiger partial charge in [-0.25, -0.2) is 9.59 Å². The Bertz CT molecular complexity index is 788. The third-order valence-electron chi connectivity index (χ3n) is 2.88. The minimum absolute atomic E-state index is 0.0326. The maximum Gasteiger partial charge on any atom is 0.341 e. The normalized spacial score (nSPS) is 9.12. The third kappa shape index (κ3) is 6.97. The first-order valence-corrected chi connectivity index (χ1v) is 7.02. The Kier molecular flexibility index (Phi) is 7.35. The molecular formula is C18H15NO6. The second-order valence-electron chi connectivity index (χ2n) is 4.76. The molecule has 2 rings (SSSR count). The first kappa shape index (κ1) is 19.4. The molecule has 7 heteroatoms. The number of nitrogens with zero attached hydrogens (tertiary/aromatic N) is 1. The van der Waals surface area contributed by atoms with Gasteiger partial charge in [0.05, 0.1) is 17.2 Å². The van der Waals surface area contributed by atoms with Gasteiger partial charge in [-0.3, -0.25) is 4.79 Å². The van der Waals surface area contributed by atoms with Crippen LogP contribution in [0, 0.1) is 11.3 Å². The van der Waals surface area contributed by atoms with Crippen molar-refractivity contribution >= 4 is 17.7 Å². The summed E-state index contributed by atoms with van der Waals surface area (Å²) in [5.41, 5.74) is 1.24. The molecule has 2 N–H and O–H groups in total. The topological polar surface area (TPSA) is 125 Å². The standard InChI is InChI=1S/C10H10O4.C8H5NO2/c1-7(11)8-2-4-9(5-3-8)14-6-10(12)13;9-5-6-1-3-7(4-2-6)8(10)11/h2-5H,6H2,1H3,(H,12,13);1-4H,(H,10,11). The van der Waals surface area contributed by atoms with Crippen LogP contribution in [0.15, 0.2) is 48.5 Å². The number of Topliss-reactive ketones (excluding diaryl/α,β-unsaturated/α-hetero) is 1. The SMILES string of the molecule is CC(=O)c1ccc(OCC(=O)O)cc1.N#Cc1ccc(C(=O)O)cc1. The molecule has 25 heavy (non-hydrogen) atoms. The van der Waals surface area contributed by atoms with Crippen molar-refractivity contribution in [2.75, 3.05) is 6.61 Å². The number of hydrogen-bond acceptors (Lipinski definition) is 5. The van der Waals surface area contributed by atoms with Crippen LogP contribution in [-0.4, -0.2) is 34.5 Å². The molecule has 0 saturated heterocycles. The molecule has 0 aromatic heterocycles. The zero-order valence-corrected chi connectivity index (χ0v) is 13.3. The number of ether oxygens (including phenoxy) is 1. The molecule has 0 spiro atoms. The lowest BCUT2D eigenvalue weighted by molar-refractivity contribution is -0.139. The summed E-state index contributed by atoms with van der Waals surface area (Å²) >= 11 is 0. The number of ketones is 1. The van der Waals surface area contributed by atoms with E-state index in [0.717, 1.165) is 0 Å². The van der Waals surface area contributed by atoms with Crippen LogP contribution < -0.4 is 4.74 Å². The number of aromatic carboxylic acids is 1. The minimum atomic E-state index is -1.03. The first-order valence-electron chi connectivity index (χ1n) is 7.02. The number of carboxylic acids is 2. The lowest BCUT2D eigenvalue weighted by Gasteiger charge is -2.02. The molecule has 0 saturated carbocycles. The van der Waals surface area contributed by atoms with Gasteiger partial charge in [-0.15, -0.1) is 0 Å². The van der Waals surface area contributed by atoms with Crippen LogP contribution in [0.4, 0.5) is 0 Å². The van der Waals surface area contributed by atoms with Crippen LogP contribution in [0.1, 0.15) is 33.2 Å². The quantitative estimate of drug-likeness (QED) is 0.801. The van der Waals surface area contributed by atoms with E-state index in [-0.39, 0.29) is 18.0 Å². The van der Waals surface area contributed by atoms with Gasteiger partial charge in [-0.2, -0.15) is 5.26 Å². The van der Waals surface area contributed by atoms with Gasteiger partial charge in [-0.1, -0.05) is 0 Å². The Morgan fingerprint density at radius 3 is 1.88 bits per heavy atom. The van der Waals surface area contributed by atoms with Crippen molar-refractivity contribution in [3.8, 4) is 11.8 Å².